The Morgan fingerprint density at radius 2 is 2.00 bits per heavy atom. The van der Waals surface area contributed by atoms with Crippen molar-refractivity contribution in [1.29, 1.82) is 0 Å². The fourth-order valence-electron chi connectivity index (χ4n) is 3.65. The van der Waals surface area contributed by atoms with E-state index in [2.05, 4.69) is 10.3 Å². The van der Waals surface area contributed by atoms with Gasteiger partial charge in [-0.15, -0.1) is 11.3 Å². The number of anilines is 1. The van der Waals surface area contributed by atoms with E-state index in [4.69, 9.17) is 14.2 Å². The molecule has 7 heteroatoms. The number of amides is 1. The molecule has 5 rings (SSSR count). The minimum atomic E-state index is -0.519. The first-order valence-electron chi connectivity index (χ1n) is 9.41. The average Bonchev–Trinajstić information content (AvgIpc) is 3.19. The number of thiazole rings is 1. The van der Waals surface area contributed by atoms with Crippen molar-refractivity contribution in [2.24, 2.45) is 0 Å². The molecule has 1 N–H and O–H groups in total. The second-order valence-corrected chi connectivity index (χ2v) is 8.20. The number of hydrogen-bond donors (Lipinski definition) is 1. The van der Waals surface area contributed by atoms with Gasteiger partial charge in [-0.2, -0.15) is 0 Å². The quantitative estimate of drug-likeness (QED) is 0.672. The number of aromatic nitrogens is 1. The first kappa shape index (κ1) is 18.0. The summed E-state index contributed by atoms with van der Waals surface area (Å²) in [5.74, 6) is 2.16. The van der Waals surface area contributed by atoms with Crippen LogP contribution in [0.5, 0.6) is 17.2 Å². The number of aryl methyl sites for hydroxylation is 1. The summed E-state index contributed by atoms with van der Waals surface area (Å²) in [6.07, 6.45) is 1.62. The average molecular weight is 408 g/mol. The largest absolute Gasteiger partial charge is 0.496 e. The van der Waals surface area contributed by atoms with E-state index in [0.717, 1.165) is 46.7 Å². The van der Waals surface area contributed by atoms with E-state index >= 15 is 0 Å². The normalized spacial score (nSPS) is 15.8. The third-order valence-corrected chi connectivity index (χ3v) is 6.23. The van der Waals surface area contributed by atoms with Crippen molar-refractivity contribution < 1.29 is 19.0 Å². The fourth-order valence-corrected chi connectivity index (χ4v) is 4.35. The number of ether oxygens (including phenoxy) is 3. The van der Waals surface area contributed by atoms with Gasteiger partial charge in [0.1, 0.15) is 5.75 Å². The summed E-state index contributed by atoms with van der Waals surface area (Å²) in [6.45, 7) is 2.24. The van der Waals surface area contributed by atoms with Gasteiger partial charge in [-0.05, 0) is 55.2 Å². The molecule has 29 heavy (non-hydrogen) atoms. The van der Waals surface area contributed by atoms with E-state index in [1.807, 2.05) is 48.7 Å². The number of benzene rings is 2. The summed E-state index contributed by atoms with van der Waals surface area (Å²) < 4.78 is 16.3. The van der Waals surface area contributed by atoms with E-state index in [-0.39, 0.29) is 12.7 Å². The van der Waals surface area contributed by atoms with E-state index in [1.165, 1.54) is 11.3 Å². The van der Waals surface area contributed by atoms with Gasteiger partial charge in [0.05, 0.1) is 18.2 Å². The topological polar surface area (TPSA) is 69.7 Å². The van der Waals surface area contributed by atoms with Gasteiger partial charge in [-0.25, -0.2) is 4.98 Å². The highest BCUT2D eigenvalue weighted by atomic mass is 32.1. The fraction of sp³-hybridized carbons (Fsp3) is 0.273. The highest BCUT2D eigenvalue weighted by Gasteiger charge is 2.52. The van der Waals surface area contributed by atoms with Crippen LogP contribution in [0.1, 0.15) is 24.0 Å². The Morgan fingerprint density at radius 1 is 1.17 bits per heavy atom. The second-order valence-electron chi connectivity index (χ2n) is 7.35. The molecule has 2 aromatic carbocycles. The highest BCUT2D eigenvalue weighted by molar-refractivity contribution is 7.14. The van der Waals surface area contributed by atoms with Crippen molar-refractivity contribution in [3.63, 3.8) is 0 Å². The van der Waals surface area contributed by atoms with Gasteiger partial charge >= 0.3 is 0 Å². The predicted molar refractivity (Wildman–Crippen MR) is 111 cm³/mol. The Labute approximate surface area is 172 Å². The standard InChI is InChI=1S/C22H20N2O4S/c1-13-3-5-15(18(9-13)26-2)16-11-29-21(23-16)24-20(25)22(7-8-22)14-4-6-17-19(10-14)28-12-27-17/h3-6,9-11H,7-8,12H2,1-2H3,(H,23,24,25). The van der Waals surface area contributed by atoms with Gasteiger partial charge in [0, 0.05) is 10.9 Å². The Kier molecular flexibility index (Phi) is 4.20. The molecule has 0 atom stereocenters. The number of fused-ring (bicyclic) bond motifs is 1. The lowest BCUT2D eigenvalue weighted by atomic mass is 9.94. The van der Waals surface area contributed by atoms with E-state index < -0.39 is 5.41 Å². The van der Waals surface area contributed by atoms with Gasteiger partial charge in [0.25, 0.3) is 0 Å². The number of nitrogens with one attached hydrogen (secondary N) is 1. The van der Waals surface area contributed by atoms with E-state index in [1.54, 1.807) is 7.11 Å². The first-order valence-corrected chi connectivity index (χ1v) is 10.3. The van der Waals surface area contributed by atoms with Crippen LogP contribution in [0, 0.1) is 6.92 Å². The number of methoxy groups -OCH3 is 1. The van der Waals surface area contributed by atoms with Crippen LogP contribution in [-0.4, -0.2) is 24.8 Å². The summed E-state index contributed by atoms with van der Waals surface area (Å²) in [7, 11) is 1.65. The Bertz CT molecular complexity index is 1100. The Morgan fingerprint density at radius 3 is 2.79 bits per heavy atom. The zero-order chi connectivity index (χ0) is 20.0. The maximum atomic E-state index is 13.1. The summed E-state index contributed by atoms with van der Waals surface area (Å²) in [5, 5.41) is 5.52. The van der Waals surface area contributed by atoms with Gasteiger partial charge in [0.2, 0.25) is 12.7 Å². The molecule has 148 valence electrons. The number of carbonyl (C=O) groups is 1. The minimum absolute atomic E-state index is 0.0341. The van der Waals surface area contributed by atoms with Crippen LogP contribution in [0.3, 0.4) is 0 Å². The Hall–Kier alpha value is -3.06. The molecule has 3 aromatic rings. The van der Waals surface area contributed by atoms with Crippen LogP contribution in [-0.2, 0) is 10.2 Å². The first-order chi connectivity index (χ1) is 14.1. The molecule has 1 aliphatic carbocycles. The maximum absolute atomic E-state index is 13.1. The molecule has 2 heterocycles. The number of rotatable bonds is 5. The zero-order valence-electron chi connectivity index (χ0n) is 16.2. The zero-order valence-corrected chi connectivity index (χ0v) is 17.0. The summed E-state index contributed by atoms with van der Waals surface area (Å²) in [4.78, 5) is 17.7. The molecule has 0 bridgehead atoms. The smallest absolute Gasteiger partial charge is 0.236 e. The molecule has 0 radical (unpaired) electrons. The highest BCUT2D eigenvalue weighted by Crippen LogP contribution is 2.51. The van der Waals surface area contributed by atoms with Gasteiger partial charge < -0.3 is 19.5 Å². The van der Waals surface area contributed by atoms with Crippen molar-refractivity contribution >= 4 is 22.4 Å². The van der Waals surface area contributed by atoms with Crippen molar-refractivity contribution in [3.05, 3.63) is 52.9 Å². The molecule has 2 aliphatic rings. The molecular weight excluding hydrogens is 388 g/mol. The number of nitrogens with zero attached hydrogens (tertiary/aromatic N) is 1. The third-order valence-electron chi connectivity index (χ3n) is 5.47. The minimum Gasteiger partial charge on any atom is -0.496 e. The lowest BCUT2D eigenvalue weighted by molar-refractivity contribution is -0.118. The van der Waals surface area contributed by atoms with Crippen molar-refractivity contribution in [2.45, 2.75) is 25.2 Å². The van der Waals surface area contributed by atoms with E-state index in [9.17, 15) is 4.79 Å². The van der Waals surface area contributed by atoms with Crippen LogP contribution >= 0.6 is 11.3 Å². The van der Waals surface area contributed by atoms with Gasteiger partial charge in [-0.3, -0.25) is 4.79 Å². The molecule has 1 fully saturated rings. The van der Waals surface area contributed by atoms with Crippen LogP contribution in [0.4, 0.5) is 5.13 Å². The van der Waals surface area contributed by atoms with Crippen molar-refractivity contribution in [1.82, 2.24) is 4.98 Å². The molecule has 6 nitrogen and oxygen atoms in total. The Balaban J connectivity index is 1.37. The van der Waals surface area contributed by atoms with Crippen LogP contribution in [0.2, 0.25) is 0 Å². The van der Waals surface area contributed by atoms with Crippen molar-refractivity contribution in [3.8, 4) is 28.5 Å². The number of carbonyl (C=O) groups excluding carboxylic acids is 1. The SMILES string of the molecule is COc1cc(C)ccc1-c1csc(NC(=O)C2(c3ccc4c(c3)OCO4)CC2)n1. The van der Waals surface area contributed by atoms with Gasteiger partial charge in [0.15, 0.2) is 16.6 Å². The molecule has 0 spiro atoms. The van der Waals surface area contributed by atoms with Crippen LogP contribution in [0.15, 0.2) is 41.8 Å². The lowest BCUT2D eigenvalue weighted by Gasteiger charge is -2.15. The maximum Gasteiger partial charge on any atom is 0.236 e. The second kappa shape index (κ2) is 6.77. The van der Waals surface area contributed by atoms with Gasteiger partial charge in [-0.1, -0.05) is 12.1 Å². The molecule has 0 unspecified atom stereocenters. The molecule has 1 amide bonds. The molecular formula is C22H20N2O4S. The molecule has 1 saturated carbocycles. The monoisotopic (exact) mass is 408 g/mol. The number of hydrogen-bond acceptors (Lipinski definition) is 6. The van der Waals surface area contributed by atoms with Crippen molar-refractivity contribution in [2.75, 3.05) is 19.2 Å². The molecule has 0 saturated heterocycles. The van der Waals surface area contributed by atoms with Crippen LogP contribution in [0.25, 0.3) is 11.3 Å². The third kappa shape index (κ3) is 3.11. The van der Waals surface area contributed by atoms with Crippen LogP contribution < -0.4 is 19.5 Å². The molecule has 1 aromatic heterocycles. The predicted octanol–water partition coefficient (Wildman–Crippen LogP) is 4.53. The van der Waals surface area contributed by atoms with E-state index in [0.29, 0.717) is 10.9 Å². The summed E-state index contributed by atoms with van der Waals surface area (Å²) >= 11 is 1.41. The summed E-state index contributed by atoms with van der Waals surface area (Å²) in [5.41, 5.74) is 3.25. The lowest BCUT2D eigenvalue weighted by Crippen LogP contribution is -2.27. The summed E-state index contributed by atoms with van der Waals surface area (Å²) in [6, 6.07) is 11.7. The molecule has 1 aliphatic heterocycles.